The van der Waals surface area contributed by atoms with Gasteiger partial charge in [0.15, 0.2) is 0 Å². The number of nitrogens with zero attached hydrogens (tertiary/aromatic N) is 1. The summed E-state index contributed by atoms with van der Waals surface area (Å²) < 4.78 is 38.8. The van der Waals surface area contributed by atoms with Crippen molar-refractivity contribution >= 4 is 11.4 Å². The van der Waals surface area contributed by atoms with Crippen molar-refractivity contribution in [3.05, 3.63) is 33.9 Å². The van der Waals surface area contributed by atoms with Gasteiger partial charge in [0.2, 0.25) is 0 Å². The van der Waals surface area contributed by atoms with Gasteiger partial charge in [-0.25, -0.2) is 0 Å². The number of halogens is 3. The van der Waals surface area contributed by atoms with Gasteiger partial charge in [-0.1, -0.05) is 0 Å². The molecule has 1 rings (SSSR count). The van der Waals surface area contributed by atoms with E-state index in [9.17, 15) is 23.3 Å². The summed E-state index contributed by atoms with van der Waals surface area (Å²) >= 11 is 0. The number of alkyl halides is 3. The van der Waals surface area contributed by atoms with E-state index in [2.05, 4.69) is 5.32 Å². The first kappa shape index (κ1) is 16.2. The summed E-state index contributed by atoms with van der Waals surface area (Å²) in [6, 6.07) is 2.53. The number of nitro benzene ring substituents is 1. The molecule has 0 atom stereocenters. The van der Waals surface area contributed by atoms with Gasteiger partial charge in [-0.3, -0.25) is 10.1 Å². The minimum Gasteiger partial charge on any atom is -0.396 e. The van der Waals surface area contributed by atoms with E-state index in [0.717, 1.165) is 12.1 Å². The molecule has 8 heteroatoms. The molecule has 0 aliphatic rings. The Morgan fingerprint density at radius 1 is 1.35 bits per heavy atom. The van der Waals surface area contributed by atoms with Crippen molar-refractivity contribution in [3.63, 3.8) is 0 Å². The normalized spacial score (nSPS) is 12.3. The number of rotatable bonds is 5. The van der Waals surface area contributed by atoms with Crippen LogP contribution in [0.25, 0.3) is 0 Å². The van der Waals surface area contributed by atoms with Crippen molar-refractivity contribution in [2.24, 2.45) is 0 Å². The summed E-state index contributed by atoms with van der Waals surface area (Å²) in [6.07, 6.45) is -4.47. The van der Waals surface area contributed by atoms with Gasteiger partial charge in [0.1, 0.15) is 0 Å². The highest BCUT2D eigenvalue weighted by Gasteiger charge is 2.36. The van der Waals surface area contributed by atoms with Crippen LogP contribution in [0.1, 0.15) is 25.8 Å². The van der Waals surface area contributed by atoms with Gasteiger partial charge in [0.05, 0.1) is 10.5 Å². The maximum atomic E-state index is 12.9. The highest BCUT2D eigenvalue weighted by atomic mass is 19.4. The molecule has 1 aromatic carbocycles. The maximum Gasteiger partial charge on any atom is 0.418 e. The van der Waals surface area contributed by atoms with Crippen molar-refractivity contribution in [1.29, 1.82) is 0 Å². The summed E-state index contributed by atoms with van der Waals surface area (Å²) in [5.74, 6) is 0. The molecule has 0 saturated carbocycles. The molecule has 0 amide bonds. The zero-order valence-corrected chi connectivity index (χ0v) is 11.0. The van der Waals surface area contributed by atoms with Crippen LogP contribution in [0.2, 0.25) is 0 Å². The second-order valence-electron chi connectivity index (χ2n) is 4.97. The van der Waals surface area contributed by atoms with Crippen molar-refractivity contribution < 1.29 is 23.2 Å². The van der Waals surface area contributed by atoms with Crippen LogP contribution >= 0.6 is 0 Å². The second-order valence-corrected chi connectivity index (χ2v) is 4.97. The number of hydrogen-bond acceptors (Lipinski definition) is 4. The molecule has 0 fully saturated rings. The molecule has 5 nitrogen and oxygen atoms in total. The summed E-state index contributed by atoms with van der Waals surface area (Å²) in [5, 5.41) is 22.1. The number of non-ortho nitro benzene ring substituents is 1. The van der Waals surface area contributed by atoms with Gasteiger partial charge in [0, 0.05) is 30.0 Å². The van der Waals surface area contributed by atoms with Gasteiger partial charge in [-0.2, -0.15) is 13.2 Å². The number of nitro groups is 1. The second kappa shape index (κ2) is 5.66. The van der Waals surface area contributed by atoms with Crippen LogP contribution in [0, 0.1) is 10.1 Å². The Bertz CT molecular complexity index is 501. The molecule has 2 N–H and O–H groups in total. The Morgan fingerprint density at radius 3 is 2.40 bits per heavy atom. The standard InChI is InChI=1S/C12H15F3N2O3/c1-11(2,5-6-18)16-10-4-3-8(17(19)20)7-9(10)12(13,14)15/h3-4,7,16,18H,5-6H2,1-2H3. The Morgan fingerprint density at radius 2 is 1.95 bits per heavy atom. The van der Waals surface area contributed by atoms with Crippen LogP contribution in [0.15, 0.2) is 18.2 Å². The fourth-order valence-corrected chi connectivity index (χ4v) is 1.70. The molecule has 1 aromatic rings. The lowest BCUT2D eigenvalue weighted by Gasteiger charge is -2.28. The molecule has 0 aliphatic heterocycles. The van der Waals surface area contributed by atoms with Crippen LogP contribution < -0.4 is 5.32 Å². The van der Waals surface area contributed by atoms with Gasteiger partial charge < -0.3 is 10.4 Å². The minimum absolute atomic E-state index is 0.186. The zero-order chi connectivity index (χ0) is 15.6. The Balaban J connectivity index is 3.22. The van der Waals surface area contributed by atoms with E-state index in [1.54, 1.807) is 13.8 Å². The first-order valence-corrected chi connectivity index (χ1v) is 5.81. The van der Waals surface area contributed by atoms with Gasteiger partial charge in [-0.15, -0.1) is 0 Å². The number of benzene rings is 1. The Labute approximate surface area is 113 Å². The number of aliphatic hydroxyl groups excluding tert-OH is 1. The highest BCUT2D eigenvalue weighted by molar-refractivity contribution is 5.58. The van der Waals surface area contributed by atoms with Gasteiger partial charge >= 0.3 is 6.18 Å². The van der Waals surface area contributed by atoms with Gasteiger partial charge in [0.25, 0.3) is 5.69 Å². The van der Waals surface area contributed by atoms with Crippen molar-refractivity contribution in [2.75, 3.05) is 11.9 Å². The molecule has 0 unspecified atom stereocenters. The Kier molecular flexibility index (Phi) is 4.59. The van der Waals surface area contributed by atoms with Crippen LogP contribution in [0.5, 0.6) is 0 Å². The summed E-state index contributed by atoms with van der Waals surface area (Å²) in [7, 11) is 0. The molecule has 0 aliphatic carbocycles. The lowest BCUT2D eigenvalue weighted by Crippen LogP contribution is -2.33. The zero-order valence-electron chi connectivity index (χ0n) is 11.0. The van der Waals surface area contributed by atoms with Crippen LogP contribution in [0.3, 0.4) is 0 Å². The third-order valence-electron chi connectivity index (χ3n) is 2.73. The molecule has 0 bridgehead atoms. The molecule has 20 heavy (non-hydrogen) atoms. The first-order valence-electron chi connectivity index (χ1n) is 5.81. The molecule has 0 saturated heterocycles. The monoisotopic (exact) mass is 292 g/mol. The molecular formula is C12H15F3N2O3. The van der Waals surface area contributed by atoms with E-state index in [1.165, 1.54) is 0 Å². The number of hydrogen-bond donors (Lipinski definition) is 2. The SMILES string of the molecule is CC(C)(CCO)Nc1ccc([N+](=O)[O-])cc1C(F)(F)F. The van der Waals surface area contributed by atoms with E-state index in [-0.39, 0.29) is 18.7 Å². The smallest absolute Gasteiger partial charge is 0.396 e. The van der Waals surface area contributed by atoms with Crippen molar-refractivity contribution in [2.45, 2.75) is 32.0 Å². The summed E-state index contributed by atoms with van der Waals surface area (Å²) in [5.41, 5.74) is -2.74. The largest absolute Gasteiger partial charge is 0.418 e. The average Bonchev–Trinajstić information content (AvgIpc) is 2.26. The van der Waals surface area contributed by atoms with Crippen molar-refractivity contribution in [1.82, 2.24) is 0 Å². The molecule has 112 valence electrons. The topological polar surface area (TPSA) is 75.4 Å². The Hall–Kier alpha value is -1.83. The molecule has 0 aromatic heterocycles. The van der Waals surface area contributed by atoms with E-state index in [1.807, 2.05) is 0 Å². The summed E-state index contributed by atoms with van der Waals surface area (Å²) in [6.45, 7) is 3.07. The number of nitrogens with one attached hydrogen (secondary N) is 1. The minimum atomic E-state index is -4.70. The fraction of sp³-hybridized carbons (Fsp3) is 0.500. The number of anilines is 1. The maximum absolute atomic E-state index is 12.9. The number of aliphatic hydroxyl groups is 1. The third-order valence-corrected chi connectivity index (χ3v) is 2.73. The predicted octanol–water partition coefficient (Wildman–Crippen LogP) is 3.19. The lowest BCUT2D eigenvalue weighted by molar-refractivity contribution is -0.385. The van der Waals surface area contributed by atoms with Crippen LogP contribution in [-0.4, -0.2) is 22.2 Å². The average molecular weight is 292 g/mol. The molecule has 0 heterocycles. The van der Waals surface area contributed by atoms with E-state index in [4.69, 9.17) is 5.11 Å². The quantitative estimate of drug-likeness (QED) is 0.645. The summed E-state index contributed by atoms with van der Waals surface area (Å²) in [4.78, 5) is 9.69. The van der Waals surface area contributed by atoms with Crippen molar-refractivity contribution in [3.8, 4) is 0 Å². The van der Waals surface area contributed by atoms with E-state index in [0.29, 0.717) is 6.07 Å². The fourth-order valence-electron chi connectivity index (χ4n) is 1.70. The first-order chi connectivity index (χ1) is 9.07. The van der Waals surface area contributed by atoms with E-state index >= 15 is 0 Å². The molecule has 0 spiro atoms. The highest BCUT2D eigenvalue weighted by Crippen LogP contribution is 2.38. The van der Waals surface area contributed by atoms with E-state index < -0.39 is 27.9 Å². The van der Waals surface area contributed by atoms with Gasteiger partial charge in [-0.05, 0) is 26.3 Å². The lowest BCUT2D eigenvalue weighted by atomic mass is 9.99. The molecular weight excluding hydrogens is 277 g/mol. The van der Waals surface area contributed by atoms with Crippen LogP contribution in [0.4, 0.5) is 24.5 Å². The predicted molar refractivity (Wildman–Crippen MR) is 67.5 cm³/mol. The third kappa shape index (κ3) is 4.09. The molecule has 0 radical (unpaired) electrons. The van der Waals surface area contributed by atoms with Crippen LogP contribution in [-0.2, 0) is 6.18 Å².